The van der Waals surface area contributed by atoms with Gasteiger partial charge in [0.25, 0.3) is 0 Å². The zero-order chi connectivity index (χ0) is 29.7. The molecule has 3 rings (SSSR count). The molecule has 3 aromatic carbocycles. The van der Waals surface area contributed by atoms with Crippen LogP contribution in [0.25, 0.3) is 0 Å². The van der Waals surface area contributed by atoms with Crippen molar-refractivity contribution in [2.75, 3.05) is 17.1 Å². The SMILES string of the molecule is CC(C)(C)NC(=O)[C@H](Cc1ccccc1)N(Cc1ccccc1Cl)C(=O)CN(c1cccc(Cl)c1Cl)S(C)(=O)=O. The van der Waals surface area contributed by atoms with Crippen molar-refractivity contribution in [1.29, 1.82) is 0 Å². The molecular formula is C29H32Cl3N3O4S. The lowest BCUT2D eigenvalue weighted by Gasteiger charge is -2.35. The molecule has 0 bridgehead atoms. The largest absolute Gasteiger partial charge is 0.350 e. The van der Waals surface area contributed by atoms with E-state index in [0.29, 0.717) is 10.6 Å². The Morgan fingerprint density at radius 1 is 0.875 bits per heavy atom. The number of nitrogens with zero attached hydrogens (tertiary/aromatic N) is 2. The molecule has 0 radical (unpaired) electrons. The fourth-order valence-electron chi connectivity index (χ4n) is 4.10. The third-order valence-electron chi connectivity index (χ3n) is 5.95. The number of rotatable bonds is 10. The van der Waals surface area contributed by atoms with Gasteiger partial charge in [0, 0.05) is 23.5 Å². The van der Waals surface area contributed by atoms with E-state index in [1.54, 1.807) is 30.3 Å². The number of amides is 2. The molecular weight excluding hydrogens is 593 g/mol. The molecule has 3 aromatic rings. The second-order valence-corrected chi connectivity index (χ2v) is 13.5. The first-order chi connectivity index (χ1) is 18.7. The van der Waals surface area contributed by atoms with Crippen LogP contribution in [-0.2, 0) is 32.6 Å². The Hall–Kier alpha value is -2.78. The van der Waals surface area contributed by atoms with Gasteiger partial charge in [-0.2, -0.15) is 0 Å². The molecule has 1 atom stereocenters. The predicted octanol–water partition coefficient (Wildman–Crippen LogP) is 5.97. The minimum Gasteiger partial charge on any atom is -0.350 e. The van der Waals surface area contributed by atoms with Crippen LogP contribution >= 0.6 is 34.8 Å². The highest BCUT2D eigenvalue weighted by Gasteiger charge is 2.35. The van der Waals surface area contributed by atoms with E-state index >= 15 is 0 Å². The van der Waals surface area contributed by atoms with Gasteiger partial charge in [-0.3, -0.25) is 13.9 Å². The van der Waals surface area contributed by atoms with Crippen LogP contribution in [0.15, 0.2) is 72.8 Å². The second kappa shape index (κ2) is 13.3. The molecule has 0 saturated carbocycles. The van der Waals surface area contributed by atoms with Gasteiger partial charge in [0.1, 0.15) is 12.6 Å². The number of carbonyl (C=O) groups excluding carboxylic acids is 2. The van der Waals surface area contributed by atoms with Gasteiger partial charge in [-0.15, -0.1) is 0 Å². The highest BCUT2D eigenvalue weighted by molar-refractivity contribution is 7.92. The number of hydrogen-bond acceptors (Lipinski definition) is 4. The Labute approximate surface area is 251 Å². The molecule has 0 fully saturated rings. The van der Waals surface area contributed by atoms with Crippen LogP contribution in [0, 0.1) is 0 Å². The Kier molecular flexibility index (Phi) is 10.5. The number of hydrogen-bond donors (Lipinski definition) is 1. The van der Waals surface area contributed by atoms with Gasteiger partial charge in [0.05, 0.1) is 22.0 Å². The molecule has 11 heteroatoms. The summed E-state index contributed by atoms with van der Waals surface area (Å²) in [4.78, 5) is 29.2. The van der Waals surface area contributed by atoms with Crippen LogP contribution in [0.5, 0.6) is 0 Å². The molecule has 0 heterocycles. The quantitative estimate of drug-likeness (QED) is 0.301. The van der Waals surface area contributed by atoms with E-state index in [2.05, 4.69) is 5.32 Å². The van der Waals surface area contributed by atoms with E-state index in [0.717, 1.165) is 16.1 Å². The third kappa shape index (κ3) is 8.61. The van der Waals surface area contributed by atoms with Crippen molar-refractivity contribution in [3.05, 3.63) is 99.0 Å². The van der Waals surface area contributed by atoms with Crippen molar-refractivity contribution in [3.8, 4) is 0 Å². The summed E-state index contributed by atoms with van der Waals surface area (Å²) in [5.41, 5.74) is 0.900. The van der Waals surface area contributed by atoms with Crippen LogP contribution in [0.1, 0.15) is 31.9 Å². The summed E-state index contributed by atoms with van der Waals surface area (Å²) in [5.74, 6) is -1.00. The minimum atomic E-state index is -3.98. The van der Waals surface area contributed by atoms with Crippen molar-refractivity contribution in [2.45, 2.75) is 45.3 Å². The predicted molar refractivity (Wildman–Crippen MR) is 162 cm³/mol. The molecule has 0 aliphatic carbocycles. The lowest BCUT2D eigenvalue weighted by Crippen LogP contribution is -2.56. The minimum absolute atomic E-state index is 0.00800. The van der Waals surface area contributed by atoms with E-state index in [1.165, 1.54) is 17.0 Å². The monoisotopic (exact) mass is 623 g/mol. The normalized spacial score (nSPS) is 12.5. The van der Waals surface area contributed by atoms with Crippen molar-refractivity contribution in [1.82, 2.24) is 10.2 Å². The Morgan fingerprint density at radius 3 is 2.08 bits per heavy atom. The maximum absolute atomic E-state index is 14.1. The van der Waals surface area contributed by atoms with Crippen LogP contribution in [0.2, 0.25) is 15.1 Å². The van der Waals surface area contributed by atoms with Gasteiger partial charge in [-0.05, 0) is 50.1 Å². The molecule has 40 heavy (non-hydrogen) atoms. The summed E-state index contributed by atoms with van der Waals surface area (Å²) >= 11 is 19.0. The van der Waals surface area contributed by atoms with Crippen LogP contribution in [0.3, 0.4) is 0 Å². The highest BCUT2D eigenvalue weighted by atomic mass is 35.5. The Morgan fingerprint density at radius 2 is 1.48 bits per heavy atom. The molecule has 0 aliphatic heterocycles. The topological polar surface area (TPSA) is 86.8 Å². The molecule has 0 saturated heterocycles. The van der Waals surface area contributed by atoms with Gasteiger partial charge in [0.2, 0.25) is 21.8 Å². The smallest absolute Gasteiger partial charge is 0.244 e. The lowest BCUT2D eigenvalue weighted by molar-refractivity contribution is -0.140. The fraction of sp³-hybridized carbons (Fsp3) is 0.310. The number of carbonyl (C=O) groups is 2. The first kappa shape index (κ1) is 31.7. The number of benzene rings is 3. The number of anilines is 1. The average molecular weight is 625 g/mol. The van der Waals surface area contributed by atoms with Crippen LogP contribution in [-0.4, -0.2) is 49.5 Å². The maximum Gasteiger partial charge on any atom is 0.244 e. The zero-order valence-electron chi connectivity index (χ0n) is 22.7. The maximum atomic E-state index is 14.1. The Balaban J connectivity index is 2.11. The summed E-state index contributed by atoms with van der Waals surface area (Å²) in [5, 5.41) is 3.51. The van der Waals surface area contributed by atoms with Crippen molar-refractivity contribution < 1.29 is 18.0 Å². The first-order valence-corrected chi connectivity index (χ1v) is 15.5. The number of sulfonamides is 1. The fourth-order valence-corrected chi connectivity index (χ4v) is 5.59. The molecule has 7 nitrogen and oxygen atoms in total. The van der Waals surface area contributed by atoms with Crippen LogP contribution < -0.4 is 9.62 Å². The summed E-state index contributed by atoms with van der Waals surface area (Å²) in [7, 11) is -3.98. The van der Waals surface area contributed by atoms with Gasteiger partial charge < -0.3 is 10.2 Å². The summed E-state index contributed by atoms with van der Waals surface area (Å²) in [6.45, 7) is 4.89. The number of halogens is 3. The zero-order valence-corrected chi connectivity index (χ0v) is 25.8. The van der Waals surface area contributed by atoms with E-state index in [1.807, 2.05) is 51.1 Å². The van der Waals surface area contributed by atoms with Crippen LogP contribution in [0.4, 0.5) is 5.69 Å². The molecule has 214 valence electrons. The van der Waals surface area contributed by atoms with Crippen molar-refractivity contribution >= 4 is 62.3 Å². The second-order valence-electron chi connectivity index (χ2n) is 10.4. The summed E-state index contributed by atoms with van der Waals surface area (Å²) in [6, 6.07) is 19.8. The lowest BCUT2D eigenvalue weighted by atomic mass is 10.0. The third-order valence-corrected chi connectivity index (χ3v) is 8.25. The first-order valence-electron chi connectivity index (χ1n) is 12.5. The van der Waals surface area contributed by atoms with Gasteiger partial charge >= 0.3 is 0 Å². The van der Waals surface area contributed by atoms with Crippen molar-refractivity contribution in [3.63, 3.8) is 0 Å². The molecule has 2 amide bonds. The number of nitrogens with one attached hydrogen (secondary N) is 1. The summed E-state index contributed by atoms with van der Waals surface area (Å²) < 4.78 is 26.7. The van der Waals surface area contributed by atoms with E-state index < -0.39 is 34.1 Å². The molecule has 0 aliphatic rings. The standard InChI is InChI=1S/C29H32Cl3N3O4S/c1-29(2,3)33-28(37)25(17-20-11-6-5-7-12-20)34(18-21-13-8-9-14-22(21)30)26(36)19-35(40(4,38)39)24-16-10-15-23(31)27(24)32/h5-16,25H,17-19H2,1-4H3,(H,33,37)/t25-/m0/s1. The van der Waals surface area contributed by atoms with E-state index in [4.69, 9.17) is 34.8 Å². The summed E-state index contributed by atoms with van der Waals surface area (Å²) in [6.07, 6.45) is 1.17. The Bertz CT molecular complexity index is 1460. The molecule has 0 aromatic heterocycles. The molecule has 0 unspecified atom stereocenters. The van der Waals surface area contributed by atoms with Gasteiger partial charge in [0.15, 0.2) is 0 Å². The van der Waals surface area contributed by atoms with E-state index in [-0.39, 0.29) is 34.6 Å². The highest BCUT2D eigenvalue weighted by Crippen LogP contribution is 2.34. The molecule has 0 spiro atoms. The van der Waals surface area contributed by atoms with E-state index in [9.17, 15) is 18.0 Å². The molecule has 1 N–H and O–H groups in total. The van der Waals surface area contributed by atoms with Gasteiger partial charge in [-0.1, -0.05) is 89.4 Å². The van der Waals surface area contributed by atoms with Crippen molar-refractivity contribution in [2.24, 2.45) is 0 Å². The van der Waals surface area contributed by atoms with Gasteiger partial charge in [-0.25, -0.2) is 8.42 Å². The average Bonchev–Trinajstić information content (AvgIpc) is 2.86.